The first kappa shape index (κ1) is 22.7. The number of pyridine rings is 1. The summed E-state index contributed by atoms with van der Waals surface area (Å²) in [4.78, 5) is 16.8. The lowest BCUT2D eigenvalue weighted by atomic mass is 10.0. The van der Waals surface area contributed by atoms with Crippen molar-refractivity contribution in [3.05, 3.63) is 48.0 Å². The zero-order valence-electron chi connectivity index (χ0n) is 18.5. The maximum atomic E-state index is 14.3. The topological polar surface area (TPSA) is 134 Å². The molecule has 12 heteroatoms. The third kappa shape index (κ3) is 4.39. The smallest absolute Gasteiger partial charge is 0.354 e. The Kier molecular flexibility index (Phi) is 5.58. The van der Waals surface area contributed by atoms with E-state index in [-0.39, 0.29) is 22.0 Å². The first-order valence-corrected chi connectivity index (χ1v) is 11.5. The lowest BCUT2D eigenvalue weighted by molar-refractivity contribution is 0.132. The minimum Gasteiger partial charge on any atom is -0.481 e. The van der Waals surface area contributed by atoms with Crippen molar-refractivity contribution in [1.29, 1.82) is 0 Å². The van der Waals surface area contributed by atoms with Crippen LogP contribution in [-0.2, 0) is 16.5 Å². The number of nitrogens with two attached hydrogens (primary N) is 1. The first-order valence-electron chi connectivity index (χ1n) is 9.91. The van der Waals surface area contributed by atoms with Crippen molar-refractivity contribution >= 4 is 21.6 Å². The van der Waals surface area contributed by atoms with Crippen molar-refractivity contribution in [3.63, 3.8) is 0 Å². The van der Waals surface area contributed by atoms with Crippen molar-refractivity contribution in [2.75, 3.05) is 12.4 Å². The van der Waals surface area contributed by atoms with Crippen molar-refractivity contribution in [2.24, 2.45) is 9.50 Å². The van der Waals surface area contributed by atoms with Gasteiger partial charge in [-0.25, -0.2) is 28.2 Å². The van der Waals surface area contributed by atoms with Crippen LogP contribution >= 0.6 is 0 Å². The van der Waals surface area contributed by atoms with Crippen molar-refractivity contribution in [2.45, 2.75) is 37.8 Å². The van der Waals surface area contributed by atoms with E-state index in [0.29, 0.717) is 23.6 Å². The van der Waals surface area contributed by atoms with E-state index in [1.165, 1.54) is 43.2 Å². The molecule has 174 valence electrons. The molecule has 1 unspecified atom stereocenters. The number of fused-ring (bicyclic) bond motifs is 1. The number of carbonyl (C=O) groups excluding carboxylic acids is 1. The molecule has 3 aromatic rings. The fraction of sp³-hybridized carbons (Fsp3) is 0.286. The number of ether oxygens (including phenoxy) is 2. The number of amides is 2. The van der Waals surface area contributed by atoms with E-state index in [4.69, 9.17) is 14.6 Å². The largest absolute Gasteiger partial charge is 0.481 e. The summed E-state index contributed by atoms with van der Waals surface area (Å²) in [6, 6.07) is 5.11. The highest BCUT2D eigenvalue weighted by atomic mass is 32.2. The summed E-state index contributed by atoms with van der Waals surface area (Å²) in [7, 11) is -2.22. The number of carbonyl (C=O) groups is 1. The van der Waals surface area contributed by atoms with Gasteiger partial charge in [0.25, 0.3) is 0 Å². The van der Waals surface area contributed by atoms with Gasteiger partial charge in [-0.1, -0.05) is 0 Å². The van der Waals surface area contributed by atoms with Gasteiger partial charge in [-0.3, -0.25) is 0 Å². The van der Waals surface area contributed by atoms with Gasteiger partial charge in [0.05, 0.1) is 25.5 Å². The lowest BCUT2D eigenvalue weighted by Crippen LogP contribution is -2.27. The Morgan fingerprint density at radius 1 is 1.39 bits per heavy atom. The fourth-order valence-corrected chi connectivity index (χ4v) is 4.49. The fourth-order valence-electron chi connectivity index (χ4n) is 3.51. The Morgan fingerprint density at radius 3 is 2.88 bits per heavy atom. The van der Waals surface area contributed by atoms with Gasteiger partial charge in [0, 0.05) is 23.4 Å². The van der Waals surface area contributed by atoms with Crippen LogP contribution in [0.5, 0.6) is 11.8 Å². The molecule has 0 bridgehead atoms. The van der Waals surface area contributed by atoms with Crippen LogP contribution in [0.4, 0.5) is 14.9 Å². The predicted octanol–water partition coefficient (Wildman–Crippen LogP) is 3.50. The predicted molar refractivity (Wildman–Crippen MR) is 120 cm³/mol. The zero-order chi connectivity index (χ0) is 24.0. The van der Waals surface area contributed by atoms with Crippen LogP contribution in [0.2, 0.25) is 0 Å². The number of urea groups is 1. The van der Waals surface area contributed by atoms with Gasteiger partial charge in [0.2, 0.25) is 11.8 Å². The lowest BCUT2D eigenvalue weighted by Gasteiger charge is -2.16. The van der Waals surface area contributed by atoms with Crippen LogP contribution in [0.25, 0.3) is 11.1 Å². The molecule has 1 aliphatic rings. The third-order valence-electron chi connectivity index (χ3n) is 5.08. The van der Waals surface area contributed by atoms with E-state index < -0.39 is 27.4 Å². The monoisotopic (exact) mass is 474 g/mol. The standard InChI is InChI=1S/C21H23FN6O4S/c1-12-15(22)6-5-14(13-7-8-24-17(9-13)31-4)18(12)26-20(29)27-33(23,30)16-10-25-28-11-21(2,3)32-19(16)28/h5-10H,11H2,1-4H3,(H3,23,26,27,29,30). The Hall–Kier alpha value is -3.51. The summed E-state index contributed by atoms with van der Waals surface area (Å²) in [6.45, 7) is 5.63. The van der Waals surface area contributed by atoms with Crippen molar-refractivity contribution in [3.8, 4) is 22.9 Å². The van der Waals surface area contributed by atoms with Gasteiger partial charge in [-0.15, -0.1) is 4.36 Å². The number of nitrogens with zero attached hydrogens (tertiary/aromatic N) is 4. The average Bonchev–Trinajstić information content (AvgIpc) is 3.26. The first-order chi connectivity index (χ1) is 15.5. The number of methoxy groups -OCH3 is 1. The molecule has 33 heavy (non-hydrogen) atoms. The van der Waals surface area contributed by atoms with E-state index in [0.717, 1.165) is 0 Å². The Labute approximate surface area is 190 Å². The summed E-state index contributed by atoms with van der Waals surface area (Å²) in [6.07, 6.45) is 2.80. The van der Waals surface area contributed by atoms with Crippen molar-refractivity contribution in [1.82, 2.24) is 14.8 Å². The summed E-state index contributed by atoms with van der Waals surface area (Å²) < 4.78 is 43.6. The van der Waals surface area contributed by atoms with Gasteiger partial charge >= 0.3 is 6.03 Å². The SMILES string of the molecule is COc1cc(-c2ccc(F)c(C)c2NC(=O)N=S(N)(=O)c2cnn3c2OC(C)(C)C3)ccn1. The molecule has 1 atom stereocenters. The van der Waals surface area contributed by atoms with Gasteiger partial charge in [0.15, 0.2) is 9.92 Å². The molecule has 1 aliphatic heterocycles. The Balaban J connectivity index is 1.70. The molecule has 2 aromatic heterocycles. The van der Waals surface area contributed by atoms with Gasteiger partial charge in [-0.05, 0) is 44.5 Å². The normalized spacial score (nSPS) is 15.8. The second-order valence-electron chi connectivity index (χ2n) is 8.11. The highest BCUT2D eigenvalue weighted by Crippen LogP contribution is 2.35. The molecule has 0 radical (unpaired) electrons. The van der Waals surface area contributed by atoms with Crippen molar-refractivity contribution < 1.29 is 22.9 Å². The molecule has 10 nitrogen and oxygen atoms in total. The van der Waals surface area contributed by atoms with E-state index in [9.17, 15) is 13.4 Å². The number of hydrogen-bond acceptors (Lipinski definition) is 6. The van der Waals surface area contributed by atoms with E-state index in [2.05, 4.69) is 19.8 Å². The molecule has 0 aliphatic carbocycles. The number of aromatic nitrogens is 3. The minimum absolute atomic E-state index is 0.0123. The molecule has 0 saturated heterocycles. The quantitative estimate of drug-likeness (QED) is 0.594. The number of anilines is 1. The summed E-state index contributed by atoms with van der Waals surface area (Å²) >= 11 is 0. The maximum Gasteiger partial charge on any atom is 0.354 e. The third-order valence-corrected chi connectivity index (χ3v) is 6.43. The molecule has 3 N–H and O–H groups in total. The molecular formula is C21H23FN6O4S. The second-order valence-corrected chi connectivity index (χ2v) is 9.86. The number of benzene rings is 1. The summed E-state index contributed by atoms with van der Waals surface area (Å²) in [5, 5.41) is 12.6. The molecule has 3 heterocycles. The molecule has 0 fully saturated rings. The highest BCUT2D eigenvalue weighted by Gasteiger charge is 2.35. The van der Waals surface area contributed by atoms with Crippen LogP contribution < -0.4 is 19.9 Å². The molecule has 0 spiro atoms. The number of hydrogen-bond donors (Lipinski definition) is 2. The summed E-state index contributed by atoms with van der Waals surface area (Å²) in [5.41, 5.74) is 0.892. The molecule has 0 saturated carbocycles. The van der Waals surface area contributed by atoms with E-state index in [1.54, 1.807) is 12.1 Å². The van der Waals surface area contributed by atoms with Gasteiger partial charge < -0.3 is 14.8 Å². The molecule has 1 aromatic carbocycles. The number of nitrogens with one attached hydrogen (secondary N) is 1. The van der Waals surface area contributed by atoms with E-state index in [1.807, 2.05) is 13.8 Å². The Bertz CT molecular complexity index is 1380. The van der Waals surface area contributed by atoms with Crippen LogP contribution in [0.3, 0.4) is 0 Å². The van der Waals surface area contributed by atoms with Crippen LogP contribution in [-0.4, -0.2) is 37.7 Å². The zero-order valence-corrected chi connectivity index (χ0v) is 19.3. The number of rotatable bonds is 4. The Morgan fingerprint density at radius 2 is 2.15 bits per heavy atom. The van der Waals surface area contributed by atoms with Gasteiger partial charge in [0.1, 0.15) is 16.3 Å². The maximum absolute atomic E-state index is 14.3. The number of halogens is 1. The van der Waals surface area contributed by atoms with Crippen LogP contribution in [0, 0.1) is 12.7 Å². The average molecular weight is 475 g/mol. The van der Waals surface area contributed by atoms with Crippen LogP contribution in [0.1, 0.15) is 19.4 Å². The minimum atomic E-state index is -3.69. The molecule has 4 rings (SSSR count). The second kappa shape index (κ2) is 8.12. The molecular weight excluding hydrogens is 451 g/mol. The highest BCUT2D eigenvalue weighted by molar-refractivity contribution is 7.91. The molecule has 2 amide bonds. The van der Waals surface area contributed by atoms with E-state index >= 15 is 0 Å². The summed E-state index contributed by atoms with van der Waals surface area (Å²) in [5.74, 6) is 0.0172. The van der Waals surface area contributed by atoms with Crippen LogP contribution in [0.15, 0.2) is 45.9 Å². The van der Waals surface area contributed by atoms with Gasteiger partial charge in [-0.2, -0.15) is 5.10 Å².